The third kappa shape index (κ3) is 1.73. The Morgan fingerprint density at radius 1 is 1.82 bits per heavy atom. The van der Waals surface area contributed by atoms with Crippen LogP contribution in [0.1, 0.15) is 6.92 Å². The second-order valence-electron chi connectivity index (χ2n) is 2.38. The van der Waals surface area contributed by atoms with Crippen molar-refractivity contribution >= 4 is 5.84 Å². The Labute approximate surface area is 65.1 Å². The third-order valence-corrected chi connectivity index (χ3v) is 1.47. The number of allylic oxidation sites excluding steroid dienone is 3. The van der Waals surface area contributed by atoms with Gasteiger partial charge in [-0.1, -0.05) is 17.3 Å². The van der Waals surface area contributed by atoms with E-state index in [0.717, 1.165) is 5.70 Å². The van der Waals surface area contributed by atoms with Gasteiger partial charge in [-0.05, 0) is 13.0 Å². The van der Waals surface area contributed by atoms with Gasteiger partial charge in [0.2, 0.25) is 0 Å². The molecule has 4 heteroatoms. The van der Waals surface area contributed by atoms with Crippen molar-refractivity contribution in [3.8, 4) is 0 Å². The van der Waals surface area contributed by atoms with Crippen LogP contribution in [0, 0.1) is 0 Å². The number of nitrogens with zero attached hydrogens (tertiary/aromatic N) is 1. The maximum Gasteiger partial charge on any atom is 0.165 e. The van der Waals surface area contributed by atoms with Gasteiger partial charge in [-0.15, -0.1) is 0 Å². The Bertz CT molecular complexity index is 230. The molecule has 0 aliphatic carbocycles. The van der Waals surface area contributed by atoms with E-state index in [1.165, 1.54) is 0 Å². The molecule has 0 spiro atoms. The van der Waals surface area contributed by atoms with Gasteiger partial charge in [-0.25, -0.2) is 0 Å². The van der Waals surface area contributed by atoms with Gasteiger partial charge in [0.15, 0.2) is 5.84 Å². The van der Waals surface area contributed by atoms with E-state index in [9.17, 15) is 0 Å². The van der Waals surface area contributed by atoms with Crippen LogP contribution >= 0.6 is 0 Å². The van der Waals surface area contributed by atoms with Crippen LogP contribution in [0.3, 0.4) is 0 Å². The molecule has 0 amide bonds. The van der Waals surface area contributed by atoms with Crippen molar-refractivity contribution in [2.45, 2.75) is 13.0 Å². The van der Waals surface area contributed by atoms with E-state index in [4.69, 9.17) is 10.9 Å². The first-order valence-electron chi connectivity index (χ1n) is 3.33. The summed E-state index contributed by atoms with van der Waals surface area (Å²) in [6, 6.07) is -0.176. The van der Waals surface area contributed by atoms with Crippen LogP contribution in [0.25, 0.3) is 0 Å². The normalized spacial score (nSPS) is 24.3. The molecular weight excluding hydrogens is 142 g/mol. The van der Waals surface area contributed by atoms with Crippen LogP contribution in [-0.2, 0) is 0 Å². The number of hydrogen-bond donors (Lipinski definition) is 3. The third-order valence-electron chi connectivity index (χ3n) is 1.47. The maximum absolute atomic E-state index is 8.34. The first-order valence-corrected chi connectivity index (χ1v) is 3.33. The molecule has 0 saturated heterocycles. The first-order chi connectivity index (χ1) is 5.24. The molecule has 1 rings (SSSR count). The van der Waals surface area contributed by atoms with Crippen LogP contribution in [0.2, 0.25) is 0 Å². The monoisotopic (exact) mass is 153 g/mol. The highest BCUT2D eigenvalue weighted by Crippen LogP contribution is 2.00. The largest absolute Gasteiger partial charge is 0.409 e. The molecule has 4 nitrogen and oxygen atoms in total. The zero-order valence-electron chi connectivity index (χ0n) is 6.28. The fraction of sp³-hybridized carbons (Fsp3) is 0.286. The van der Waals surface area contributed by atoms with Crippen LogP contribution in [0.5, 0.6) is 0 Å². The molecule has 0 aromatic rings. The number of dihydropyridines is 1. The van der Waals surface area contributed by atoms with E-state index in [-0.39, 0.29) is 11.9 Å². The van der Waals surface area contributed by atoms with Gasteiger partial charge in [-0.2, -0.15) is 0 Å². The molecule has 0 aromatic carbocycles. The molecule has 1 atom stereocenters. The van der Waals surface area contributed by atoms with Crippen LogP contribution in [0.4, 0.5) is 0 Å². The summed E-state index contributed by atoms with van der Waals surface area (Å²) in [7, 11) is 0. The van der Waals surface area contributed by atoms with E-state index < -0.39 is 0 Å². The van der Waals surface area contributed by atoms with E-state index in [1.807, 2.05) is 25.2 Å². The van der Waals surface area contributed by atoms with Gasteiger partial charge in [0.1, 0.15) is 6.04 Å². The second-order valence-corrected chi connectivity index (χ2v) is 2.38. The van der Waals surface area contributed by atoms with Crippen molar-refractivity contribution < 1.29 is 5.21 Å². The Morgan fingerprint density at radius 2 is 2.55 bits per heavy atom. The Hall–Kier alpha value is -1.45. The average Bonchev–Trinajstić information content (AvgIpc) is 2.03. The lowest BCUT2D eigenvalue weighted by Crippen LogP contribution is -2.39. The first kappa shape index (κ1) is 7.65. The van der Waals surface area contributed by atoms with Gasteiger partial charge < -0.3 is 16.3 Å². The Kier molecular flexibility index (Phi) is 2.15. The minimum Gasteiger partial charge on any atom is -0.409 e. The molecule has 1 unspecified atom stereocenters. The SMILES string of the molecule is CC1=CC=CC(/C(N)=N/O)N1. The highest BCUT2D eigenvalue weighted by atomic mass is 16.4. The fourth-order valence-electron chi connectivity index (χ4n) is 0.887. The summed E-state index contributed by atoms with van der Waals surface area (Å²) in [6.07, 6.45) is 5.61. The second kappa shape index (κ2) is 3.09. The molecule has 1 aliphatic heterocycles. The van der Waals surface area contributed by atoms with E-state index in [0.29, 0.717) is 0 Å². The topological polar surface area (TPSA) is 70.6 Å². The predicted molar refractivity (Wildman–Crippen MR) is 43.2 cm³/mol. The highest BCUT2D eigenvalue weighted by molar-refractivity contribution is 5.87. The van der Waals surface area contributed by atoms with Gasteiger partial charge in [0.05, 0.1) is 0 Å². The van der Waals surface area contributed by atoms with Crippen molar-refractivity contribution in [1.29, 1.82) is 0 Å². The smallest absolute Gasteiger partial charge is 0.165 e. The van der Waals surface area contributed by atoms with Crippen molar-refractivity contribution in [3.63, 3.8) is 0 Å². The molecule has 11 heavy (non-hydrogen) atoms. The Balaban J connectivity index is 2.66. The van der Waals surface area contributed by atoms with E-state index >= 15 is 0 Å². The number of nitrogens with two attached hydrogens (primary N) is 1. The van der Waals surface area contributed by atoms with Crippen molar-refractivity contribution in [3.05, 3.63) is 23.9 Å². The number of nitrogens with one attached hydrogen (secondary N) is 1. The van der Waals surface area contributed by atoms with Crippen molar-refractivity contribution in [2.75, 3.05) is 0 Å². The van der Waals surface area contributed by atoms with Gasteiger partial charge in [0, 0.05) is 5.70 Å². The molecule has 0 aromatic heterocycles. The minimum atomic E-state index is -0.176. The predicted octanol–water partition coefficient (Wildman–Crippen LogP) is 0.165. The minimum absolute atomic E-state index is 0.175. The zero-order chi connectivity index (χ0) is 8.27. The quantitative estimate of drug-likeness (QED) is 0.217. The van der Waals surface area contributed by atoms with Crippen molar-refractivity contribution in [1.82, 2.24) is 5.32 Å². The summed E-state index contributed by atoms with van der Waals surface area (Å²) in [5.74, 6) is 0.175. The zero-order valence-corrected chi connectivity index (χ0v) is 6.28. The number of oxime groups is 1. The lowest BCUT2D eigenvalue weighted by atomic mass is 10.2. The lowest BCUT2D eigenvalue weighted by Gasteiger charge is -2.17. The molecule has 0 saturated carbocycles. The molecule has 0 radical (unpaired) electrons. The van der Waals surface area contributed by atoms with Crippen LogP contribution in [-0.4, -0.2) is 17.1 Å². The summed E-state index contributed by atoms with van der Waals surface area (Å²) in [4.78, 5) is 0. The Morgan fingerprint density at radius 3 is 3.09 bits per heavy atom. The molecule has 0 fully saturated rings. The molecule has 60 valence electrons. The summed E-state index contributed by atoms with van der Waals surface area (Å²) in [5.41, 5.74) is 6.37. The van der Waals surface area contributed by atoms with E-state index in [1.54, 1.807) is 0 Å². The summed E-state index contributed by atoms with van der Waals surface area (Å²) < 4.78 is 0. The van der Waals surface area contributed by atoms with Crippen LogP contribution < -0.4 is 11.1 Å². The van der Waals surface area contributed by atoms with Gasteiger partial charge in [-0.3, -0.25) is 0 Å². The number of amidine groups is 1. The fourth-order valence-corrected chi connectivity index (χ4v) is 0.887. The van der Waals surface area contributed by atoms with Crippen LogP contribution in [0.15, 0.2) is 29.1 Å². The summed E-state index contributed by atoms with van der Waals surface area (Å²) in [6.45, 7) is 1.92. The molecule has 1 aliphatic rings. The molecule has 1 heterocycles. The van der Waals surface area contributed by atoms with Gasteiger partial charge >= 0.3 is 0 Å². The van der Waals surface area contributed by atoms with Gasteiger partial charge in [0.25, 0.3) is 0 Å². The molecule has 4 N–H and O–H groups in total. The average molecular weight is 153 g/mol. The molecular formula is C7H11N3O. The molecule has 0 bridgehead atoms. The van der Waals surface area contributed by atoms with E-state index in [2.05, 4.69) is 10.5 Å². The number of hydrogen-bond acceptors (Lipinski definition) is 3. The standard InChI is InChI=1S/C7H11N3O/c1-5-3-2-4-6(9-5)7(8)10-11/h2-4,6,9,11H,1H3,(H2,8,10). The number of rotatable bonds is 1. The summed E-state index contributed by atoms with van der Waals surface area (Å²) >= 11 is 0. The maximum atomic E-state index is 8.34. The summed E-state index contributed by atoms with van der Waals surface area (Å²) in [5, 5.41) is 14.3. The van der Waals surface area contributed by atoms with Crippen molar-refractivity contribution in [2.24, 2.45) is 10.9 Å². The lowest BCUT2D eigenvalue weighted by molar-refractivity contribution is 0.316. The highest BCUT2D eigenvalue weighted by Gasteiger charge is 2.10.